The molecule has 0 saturated heterocycles. The summed E-state index contributed by atoms with van der Waals surface area (Å²) in [6, 6.07) is 11.1. The van der Waals surface area contributed by atoms with Gasteiger partial charge in [-0.1, -0.05) is 30.3 Å². The van der Waals surface area contributed by atoms with Gasteiger partial charge in [0.2, 0.25) is 0 Å². The number of hydrogen-bond acceptors (Lipinski definition) is 2. The Bertz CT molecular complexity index is 671. The number of halogens is 3. The summed E-state index contributed by atoms with van der Waals surface area (Å²) in [6.07, 6.45) is -0.404. The molecule has 2 aromatic carbocycles. The second kappa shape index (κ2) is 6.03. The molecule has 0 amide bonds. The maximum absolute atomic E-state index is 13.9. The molecule has 0 fully saturated rings. The van der Waals surface area contributed by atoms with E-state index in [0.29, 0.717) is 5.56 Å². The zero-order valence-electron chi connectivity index (χ0n) is 11.4. The third kappa shape index (κ3) is 3.19. The van der Waals surface area contributed by atoms with Gasteiger partial charge in [0.1, 0.15) is 11.6 Å². The van der Waals surface area contributed by atoms with Gasteiger partial charge in [-0.05, 0) is 40.5 Å². The average molecular weight is 354 g/mol. The standard InChI is InChI=1S/C16H14BrF2NO/c1-16(20,10-5-3-2-4-6-10)14(21)9-11-13(18)8-7-12(17)15(11)19/h2-8H,9,20H2,1H3. The largest absolute Gasteiger partial charge is 0.315 e. The van der Waals surface area contributed by atoms with Crippen molar-refractivity contribution < 1.29 is 13.6 Å². The second-order valence-electron chi connectivity index (χ2n) is 4.99. The van der Waals surface area contributed by atoms with E-state index in [9.17, 15) is 13.6 Å². The number of ketones is 1. The van der Waals surface area contributed by atoms with E-state index < -0.39 is 29.4 Å². The van der Waals surface area contributed by atoms with Crippen molar-refractivity contribution in [1.82, 2.24) is 0 Å². The topological polar surface area (TPSA) is 43.1 Å². The van der Waals surface area contributed by atoms with Gasteiger partial charge in [-0.15, -0.1) is 0 Å². The van der Waals surface area contributed by atoms with Gasteiger partial charge in [-0.2, -0.15) is 0 Å². The van der Waals surface area contributed by atoms with Crippen molar-refractivity contribution in [2.24, 2.45) is 5.73 Å². The van der Waals surface area contributed by atoms with Gasteiger partial charge in [-0.25, -0.2) is 8.78 Å². The van der Waals surface area contributed by atoms with E-state index in [1.807, 2.05) is 0 Å². The number of hydrogen-bond donors (Lipinski definition) is 1. The van der Waals surface area contributed by atoms with Crippen LogP contribution in [0.5, 0.6) is 0 Å². The van der Waals surface area contributed by atoms with Crippen molar-refractivity contribution in [1.29, 1.82) is 0 Å². The zero-order valence-corrected chi connectivity index (χ0v) is 13.0. The highest BCUT2D eigenvalue weighted by Gasteiger charge is 2.31. The molecule has 1 atom stereocenters. The van der Waals surface area contributed by atoms with Crippen LogP contribution in [0.15, 0.2) is 46.9 Å². The Kier molecular flexibility index (Phi) is 4.54. The molecule has 2 rings (SSSR count). The van der Waals surface area contributed by atoms with E-state index in [1.165, 1.54) is 6.07 Å². The van der Waals surface area contributed by atoms with Crippen LogP contribution in [-0.2, 0) is 16.8 Å². The van der Waals surface area contributed by atoms with Crippen LogP contribution in [-0.4, -0.2) is 5.78 Å². The Morgan fingerprint density at radius 1 is 1.19 bits per heavy atom. The lowest BCUT2D eigenvalue weighted by molar-refractivity contribution is -0.123. The molecule has 0 heterocycles. The lowest BCUT2D eigenvalue weighted by Crippen LogP contribution is -2.43. The van der Waals surface area contributed by atoms with Gasteiger partial charge in [0.25, 0.3) is 0 Å². The number of carbonyl (C=O) groups is 1. The first-order valence-corrected chi connectivity index (χ1v) is 7.13. The molecule has 0 aliphatic heterocycles. The molecule has 0 aliphatic carbocycles. The molecule has 2 nitrogen and oxygen atoms in total. The number of nitrogens with two attached hydrogens (primary N) is 1. The van der Waals surface area contributed by atoms with Gasteiger partial charge in [0, 0.05) is 12.0 Å². The molecule has 110 valence electrons. The zero-order chi connectivity index (χ0) is 15.6. The Morgan fingerprint density at radius 3 is 2.43 bits per heavy atom. The summed E-state index contributed by atoms with van der Waals surface area (Å²) < 4.78 is 27.8. The summed E-state index contributed by atoms with van der Waals surface area (Å²) in [7, 11) is 0. The first-order valence-electron chi connectivity index (χ1n) is 6.34. The third-order valence-electron chi connectivity index (χ3n) is 3.43. The highest BCUT2D eigenvalue weighted by molar-refractivity contribution is 9.10. The summed E-state index contributed by atoms with van der Waals surface area (Å²) in [5.74, 6) is -1.98. The lowest BCUT2D eigenvalue weighted by atomic mass is 9.85. The molecule has 0 radical (unpaired) electrons. The summed E-state index contributed by atoms with van der Waals surface area (Å²) >= 11 is 2.98. The van der Waals surface area contributed by atoms with Crippen LogP contribution in [0.1, 0.15) is 18.1 Å². The molecular weight excluding hydrogens is 340 g/mol. The maximum atomic E-state index is 13.9. The molecule has 0 aromatic heterocycles. The Morgan fingerprint density at radius 2 is 1.81 bits per heavy atom. The quantitative estimate of drug-likeness (QED) is 0.851. The summed E-state index contributed by atoms with van der Waals surface area (Å²) in [4.78, 5) is 12.4. The van der Waals surface area contributed by atoms with Crippen LogP contribution in [0.25, 0.3) is 0 Å². The van der Waals surface area contributed by atoms with Gasteiger partial charge in [0.15, 0.2) is 5.78 Å². The molecular formula is C16H14BrF2NO. The predicted molar refractivity (Wildman–Crippen MR) is 80.8 cm³/mol. The van der Waals surface area contributed by atoms with Crippen molar-refractivity contribution >= 4 is 21.7 Å². The van der Waals surface area contributed by atoms with E-state index in [0.717, 1.165) is 6.07 Å². The fourth-order valence-corrected chi connectivity index (χ4v) is 2.39. The minimum absolute atomic E-state index is 0.116. The van der Waals surface area contributed by atoms with Gasteiger partial charge >= 0.3 is 0 Å². The van der Waals surface area contributed by atoms with Gasteiger partial charge in [-0.3, -0.25) is 4.79 Å². The number of rotatable bonds is 4. The van der Waals surface area contributed by atoms with E-state index in [2.05, 4.69) is 15.9 Å². The Labute approximate surface area is 130 Å². The molecule has 0 saturated carbocycles. The van der Waals surface area contributed by atoms with E-state index in [4.69, 9.17) is 5.73 Å². The first kappa shape index (κ1) is 15.8. The highest BCUT2D eigenvalue weighted by Crippen LogP contribution is 2.25. The van der Waals surface area contributed by atoms with Crippen LogP contribution < -0.4 is 5.73 Å². The van der Waals surface area contributed by atoms with E-state index in [1.54, 1.807) is 37.3 Å². The SMILES string of the molecule is CC(N)(C(=O)Cc1c(F)ccc(Br)c1F)c1ccccc1. The molecule has 21 heavy (non-hydrogen) atoms. The molecule has 5 heteroatoms. The number of carbonyl (C=O) groups excluding carboxylic acids is 1. The predicted octanol–water partition coefficient (Wildman–Crippen LogP) is 3.71. The van der Waals surface area contributed by atoms with Crippen LogP contribution in [0, 0.1) is 11.6 Å². The molecule has 2 N–H and O–H groups in total. The van der Waals surface area contributed by atoms with Gasteiger partial charge in [0.05, 0.1) is 10.0 Å². The molecule has 1 unspecified atom stereocenters. The van der Waals surface area contributed by atoms with E-state index >= 15 is 0 Å². The second-order valence-corrected chi connectivity index (χ2v) is 5.84. The molecule has 0 spiro atoms. The minimum atomic E-state index is -1.30. The average Bonchev–Trinajstić information content (AvgIpc) is 2.48. The monoisotopic (exact) mass is 353 g/mol. The fraction of sp³-hybridized carbons (Fsp3) is 0.188. The van der Waals surface area contributed by atoms with Crippen molar-refractivity contribution in [2.45, 2.75) is 18.9 Å². The van der Waals surface area contributed by atoms with Gasteiger partial charge < -0.3 is 5.73 Å². The normalized spacial score (nSPS) is 13.8. The minimum Gasteiger partial charge on any atom is -0.315 e. The Balaban J connectivity index is 2.33. The number of Topliss-reactive ketones (excluding diaryl/α,β-unsaturated/α-hetero) is 1. The van der Waals surface area contributed by atoms with E-state index in [-0.39, 0.29) is 10.0 Å². The summed E-state index contributed by atoms with van der Waals surface area (Å²) in [5, 5.41) is 0. The molecule has 0 bridgehead atoms. The fourth-order valence-electron chi connectivity index (χ4n) is 2.02. The third-order valence-corrected chi connectivity index (χ3v) is 4.04. The summed E-state index contributed by atoms with van der Waals surface area (Å²) in [6.45, 7) is 1.54. The smallest absolute Gasteiger partial charge is 0.161 e. The maximum Gasteiger partial charge on any atom is 0.161 e. The van der Waals surface area contributed by atoms with Crippen LogP contribution >= 0.6 is 15.9 Å². The van der Waals surface area contributed by atoms with Crippen molar-refractivity contribution in [3.05, 3.63) is 69.7 Å². The van der Waals surface area contributed by atoms with Crippen LogP contribution in [0.4, 0.5) is 8.78 Å². The Hall–Kier alpha value is -1.59. The molecule has 2 aromatic rings. The first-order chi connectivity index (χ1) is 9.84. The summed E-state index contributed by atoms with van der Waals surface area (Å²) in [5.41, 5.74) is 5.09. The van der Waals surface area contributed by atoms with Crippen molar-refractivity contribution in [3.63, 3.8) is 0 Å². The number of benzene rings is 2. The van der Waals surface area contributed by atoms with Crippen molar-refractivity contribution in [3.8, 4) is 0 Å². The van der Waals surface area contributed by atoms with Crippen LogP contribution in [0.3, 0.4) is 0 Å². The molecule has 0 aliphatic rings. The van der Waals surface area contributed by atoms with Crippen LogP contribution in [0.2, 0.25) is 0 Å². The van der Waals surface area contributed by atoms with Crippen molar-refractivity contribution in [2.75, 3.05) is 0 Å². The highest BCUT2D eigenvalue weighted by atomic mass is 79.9. The lowest BCUT2D eigenvalue weighted by Gasteiger charge is -2.24.